The lowest BCUT2D eigenvalue weighted by molar-refractivity contribution is -0.673. The summed E-state index contributed by atoms with van der Waals surface area (Å²) in [4.78, 5) is 0. The van der Waals surface area contributed by atoms with Gasteiger partial charge in [-0.25, -0.2) is 0 Å². The van der Waals surface area contributed by atoms with Crippen molar-refractivity contribution in [2.45, 2.75) is 33.2 Å². The van der Waals surface area contributed by atoms with Crippen molar-refractivity contribution in [1.82, 2.24) is 0 Å². The summed E-state index contributed by atoms with van der Waals surface area (Å²) in [5.41, 5.74) is 1.33. The molecule has 0 unspecified atom stereocenters. The second-order valence-corrected chi connectivity index (χ2v) is 5.19. The molecule has 4 heteroatoms. The van der Waals surface area contributed by atoms with E-state index >= 15 is 0 Å². The number of rotatable bonds is 4. The van der Waals surface area contributed by atoms with Crippen molar-refractivity contribution in [3.8, 4) is 5.75 Å². The molecule has 0 spiro atoms. The van der Waals surface area contributed by atoms with Gasteiger partial charge in [0.05, 0.1) is 7.11 Å². The number of fused-ring (bicyclic) bond motifs is 1. The highest BCUT2D eigenvalue weighted by atomic mass is 127. The Balaban J connectivity index is 0.00000144. The van der Waals surface area contributed by atoms with Crippen molar-refractivity contribution < 1.29 is 33.3 Å². The van der Waals surface area contributed by atoms with E-state index in [-0.39, 0.29) is 24.0 Å². The van der Waals surface area contributed by atoms with Gasteiger partial charge >= 0.3 is 0 Å². The SMILES string of the molecule is CCCC[n+]1c(C)sc2cc(OC)ccc21.[I-]. The average molecular weight is 363 g/mol. The Morgan fingerprint density at radius 3 is 2.76 bits per heavy atom. The van der Waals surface area contributed by atoms with E-state index in [0.29, 0.717) is 0 Å². The van der Waals surface area contributed by atoms with Gasteiger partial charge in [-0.15, -0.1) is 0 Å². The molecular formula is C13H18INOS. The van der Waals surface area contributed by atoms with Crippen LogP contribution in [0.5, 0.6) is 5.75 Å². The maximum absolute atomic E-state index is 5.25. The maximum Gasteiger partial charge on any atom is 0.235 e. The fourth-order valence-corrected chi connectivity index (χ4v) is 2.98. The van der Waals surface area contributed by atoms with Crippen molar-refractivity contribution in [3.63, 3.8) is 0 Å². The number of hydrogen-bond acceptors (Lipinski definition) is 2. The van der Waals surface area contributed by atoms with Crippen LogP contribution in [0.2, 0.25) is 0 Å². The first-order valence-corrected chi connectivity index (χ1v) is 6.55. The number of hydrogen-bond donors (Lipinski definition) is 0. The zero-order valence-corrected chi connectivity index (χ0v) is 13.5. The zero-order valence-electron chi connectivity index (χ0n) is 10.5. The largest absolute Gasteiger partial charge is 1.00 e. The molecule has 0 aliphatic heterocycles. The van der Waals surface area contributed by atoms with Crippen LogP contribution in [0.25, 0.3) is 10.2 Å². The Morgan fingerprint density at radius 2 is 2.12 bits per heavy atom. The summed E-state index contributed by atoms with van der Waals surface area (Å²) in [6.45, 7) is 5.54. The van der Waals surface area contributed by atoms with E-state index in [0.717, 1.165) is 12.3 Å². The second-order valence-electron chi connectivity index (χ2n) is 3.96. The van der Waals surface area contributed by atoms with Gasteiger partial charge in [0, 0.05) is 25.5 Å². The Morgan fingerprint density at radius 1 is 1.35 bits per heavy atom. The first-order chi connectivity index (χ1) is 7.76. The standard InChI is InChI=1S/C13H18NOS.HI/c1-4-5-8-14-10(2)16-13-9-11(15-3)6-7-12(13)14;/h6-7,9H,4-5,8H2,1-3H3;1H/q+1;/p-1. The van der Waals surface area contributed by atoms with Gasteiger partial charge in [0.25, 0.3) is 0 Å². The molecule has 1 heterocycles. The zero-order chi connectivity index (χ0) is 11.5. The number of halogens is 1. The topological polar surface area (TPSA) is 13.1 Å². The summed E-state index contributed by atoms with van der Waals surface area (Å²) in [6.07, 6.45) is 2.48. The first-order valence-electron chi connectivity index (χ1n) is 5.73. The van der Waals surface area contributed by atoms with E-state index < -0.39 is 0 Å². The molecule has 1 aromatic carbocycles. The highest BCUT2D eigenvalue weighted by Crippen LogP contribution is 2.24. The Kier molecular flexibility index (Phi) is 5.66. The van der Waals surface area contributed by atoms with Gasteiger partial charge in [-0.2, -0.15) is 4.57 Å². The monoisotopic (exact) mass is 363 g/mol. The molecule has 2 aromatic rings. The van der Waals surface area contributed by atoms with Crippen LogP contribution in [-0.2, 0) is 6.54 Å². The molecule has 2 rings (SSSR count). The third-order valence-corrected chi connectivity index (χ3v) is 3.89. The molecule has 0 saturated carbocycles. The molecule has 2 nitrogen and oxygen atoms in total. The average Bonchev–Trinajstić information content (AvgIpc) is 2.61. The quantitative estimate of drug-likeness (QED) is 0.563. The third kappa shape index (κ3) is 3.10. The number of aromatic nitrogens is 1. The van der Waals surface area contributed by atoms with Gasteiger partial charge in [0.1, 0.15) is 17.0 Å². The summed E-state index contributed by atoms with van der Waals surface area (Å²) in [6, 6.07) is 6.32. The van der Waals surface area contributed by atoms with Crippen molar-refractivity contribution in [2.24, 2.45) is 0 Å². The van der Waals surface area contributed by atoms with Gasteiger partial charge in [0.15, 0.2) is 0 Å². The van der Waals surface area contributed by atoms with Crippen molar-refractivity contribution in [2.75, 3.05) is 7.11 Å². The third-order valence-electron chi connectivity index (χ3n) is 2.83. The lowest BCUT2D eigenvalue weighted by atomic mass is 10.3. The van der Waals surface area contributed by atoms with Crippen LogP contribution in [0.15, 0.2) is 18.2 Å². The van der Waals surface area contributed by atoms with E-state index in [9.17, 15) is 0 Å². The number of nitrogens with zero attached hydrogens (tertiary/aromatic N) is 1. The van der Waals surface area contributed by atoms with E-state index in [1.165, 1.54) is 28.1 Å². The lowest BCUT2D eigenvalue weighted by Gasteiger charge is -1.97. The molecule has 17 heavy (non-hydrogen) atoms. The van der Waals surface area contributed by atoms with E-state index in [1.807, 2.05) is 17.4 Å². The smallest absolute Gasteiger partial charge is 0.235 e. The number of benzene rings is 1. The second kappa shape index (κ2) is 6.54. The van der Waals surface area contributed by atoms with Crippen molar-refractivity contribution in [1.29, 1.82) is 0 Å². The van der Waals surface area contributed by atoms with E-state index in [1.54, 1.807) is 7.11 Å². The number of methoxy groups -OCH3 is 1. The highest BCUT2D eigenvalue weighted by molar-refractivity contribution is 7.18. The minimum Gasteiger partial charge on any atom is -1.00 e. The minimum absolute atomic E-state index is 0. The maximum atomic E-state index is 5.25. The molecule has 0 aliphatic carbocycles. The molecule has 0 saturated heterocycles. The summed E-state index contributed by atoms with van der Waals surface area (Å²) in [5.74, 6) is 0.941. The van der Waals surface area contributed by atoms with Crippen LogP contribution in [0.1, 0.15) is 24.8 Å². The molecule has 0 aliphatic rings. The Bertz CT molecular complexity index is 495. The van der Waals surface area contributed by atoms with Gasteiger partial charge in [-0.05, 0) is 6.07 Å². The fourth-order valence-electron chi connectivity index (χ4n) is 1.90. The summed E-state index contributed by atoms with van der Waals surface area (Å²) < 4.78 is 8.97. The molecule has 0 N–H and O–H groups in total. The van der Waals surface area contributed by atoms with Gasteiger partial charge in [0.2, 0.25) is 10.5 Å². The highest BCUT2D eigenvalue weighted by Gasteiger charge is 2.16. The van der Waals surface area contributed by atoms with Crippen molar-refractivity contribution >= 4 is 21.6 Å². The Labute approximate surface area is 124 Å². The molecule has 94 valence electrons. The van der Waals surface area contributed by atoms with Gasteiger partial charge < -0.3 is 28.7 Å². The summed E-state index contributed by atoms with van der Waals surface area (Å²) in [5, 5.41) is 1.37. The van der Waals surface area contributed by atoms with Crippen molar-refractivity contribution in [3.05, 3.63) is 23.2 Å². The number of aryl methyl sites for hydroxylation is 2. The van der Waals surface area contributed by atoms with Crippen LogP contribution >= 0.6 is 11.3 Å². The Hall–Kier alpha value is -0.360. The molecule has 0 radical (unpaired) electrons. The van der Waals surface area contributed by atoms with Gasteiger partial charge in [-0.3, -0.25) is 0 Å². The number of unbranched alkanes of at least 4 members (excludes halogenated alkanes) is 1. The van der Waals surface area contributed by atoms with Crippen LogP contribution in [-0.4, -0.2) is 7.11 Å². The molecule has 0 fully saturated rings. The predicted octanol–water partition coefficient (Wildman–Crippen LogP) is 0.310. The lowest BCUT2D eigenvalue weighted by Crippen LogP contribution is -3.00. The van der Waals surface area contributed by atoms with E-state index in [4.69, 9.17) is 4.74 Å². The molecule has 0 amide bonds. The molecule has 0 atom stereocenters. The van der Waals surface area contributed by atoms with Crippen LogP contribution in [0.4, 0.5) is 0 Å². The summed E-state index contributed by atoms with van der Waals surface area (Å²) in [7, 11) is 1.72. The molecular weight excluding hydrogens is 345 g/mol. The fraction of sp³-hybridized carbons (Fsp3) is 0.462. The van der Waals surface area contributed by atoms with Crippen LogP contribution in [0.3, 0.4) is 0 Å². The summed E-state index contributed by atoms with van der Waals surface area (Å²) >= 11 is 1.84. The number of ether oxygens (including phenoxy) is 1. The van der Waals surface area contributed by atoms with Crippen LogP contribution in [0, 0.1) is 6.92 Å². The molecule has 0 bridgehead atoms. The first kappa shape index (κ1) is 14.7. The number of thiazole rings is 1. The van der Waals surface area contributed by atoms with Gasteiger partial charge in [-0.1, -0.05) is 24.7 Å². The molecule has 1 aromatic heterocycles. The normalized spacial score (nSPS) is 10.3. The van der Waals surface area contributed by atoms with E-state index in [2.05, 4.69) is 30.5 Å². The predicted molar refractivity (Wildman–Crippen MR) is 68.2 cm³/mol. The van der Waals surface area contributed by atoms with Crippen LogP contribution < -0.4 is 33.3 Å². The minimum atomic E-state index is 0.